The van der Waals surface area contributed by atoms with Crippen molar-refractivity contribution in [3.63, 3.8) is 0 Å². The van der Waals surface area contributed by atoms with Crippen LogP contribution in [0.1, 0.15) is 17.0 Å². The fraction of sp³-hybridized carbons (Fsp3) is 0.231. The van der Waals surface area contributed by atoms with Crippen LogP contribution in [-0.4, -0.2) is 9.97 Å². The van der Waals surface area contributed by atoms with Gasteiger partial charge in [-0.05, 0) is 19.9 Å². The van der Waals surface area contributed by atoms with E-state index >= 15 is 0 Å². The molecule has 0 aliphatic carbocycles. The molecular formula is C13H11F3N2O. The quantitative estimate of drug-likeness (QED) is 0.863. The van der Waals surface area contributed by atoms with E-state index in [1.54, 1.807) is 13.8 Å². The Hall–Kier alpha value is -2.11. The molecule has 0 amide bonds. The van der Waals surface area contributed by atoms with Crippen molar-refractivity contribution in [2.45, 2.75) is 20.0 Å². The normalized spacial score (nSPS) is 11.6. The summed E-state index contributed by atoms with van der Waals surface area (Å²) in [6.07, 6.45) is -4.52. The van der Waals surface area contributed by atoms with Crippen LogP contribution in [0, 0.1) is 13.8 Å². The molecule has 1 aromatic heterocycles. The average Bonchev–Trinajstić information content (AvgIpc) is 2.33. The van der Waals surface area contributed by atoms with E-state index in [9.17, 15) is 18.0 Å². The van der Waals surface area contributed by atoms with Crippen LogP contribution in [0.5, 0.6) is 0 Å². The second-order valence-electron chi connectivity index (χ2n) is 4.17. The second kappa shape index (κ2) is 4.53. The van der Waals surface area contributed by atoms with Gasteiger partial charge >= 0.3 is 6.18 Å². The zero-order valence-corrected chi connectivity index (χ0v) is 10.3. The molecule has 1 aromatic carbocycles. The van der Waals surface area contributed by atoms with Gasteiger partial charge in [0.2, 0.25) is 0 Å². The van der Waals surface area contributed by atoms with E-state index in [1.165, 1.54) is 18.2 Å². The number of hydrogen-bond acceptors (Lipinski definition) is 2. The molecule has 2 rings (SSSR count). The van der Waals surface area contributed by atoms with Crippen molar-refractivity contribution in [3.05, 3.63) is 51.6 Å². The highest BCUT2D eigenvalue weighted by Crippen LogP contribution is 2.35. The van der Waals surface area contributed by atoms with Crippen molar-refractivity contribution >= 4 is 0 Å². The lowest BCUT2D eigenvalue weighted by Crippen LogP contribution is -2.17. The summed E-state index contributed by atoms with van der Waals surface area (Å²) in [7, 11) is 0. The Morgan fingerprint density at radius 3 is 2.42 bits per heavy atom. The predicted octanol–water partition coefficient (Wildman–Crippen LogP) is 3.07. The third-order valence-corrected chi connectivity index (χ3v) is 2.83. The summed E-state index contributed by atoms with van der Waals surface area (Å²) in [5, 5.41) is 0. The molecule has 6 heteroatoms. The maximum atomic E-state index is 12.9. The van der Waals surface area contributed by atoms with Crippen LogP contribution < -0.4 is 5.56 Å². The molecule has 0 saturated carbocycles. The SMILES string of the molecule is Cc1nc(-c2ccccc2C(F)(F)F)c(=O)[nH]c1C. The van der Waals surface area contributed by atoms with Gasteiger partial charge in [-0.1, -0.05) is 18.2 Å². The Bertz CT molecular complexity index is 674. The van der Waals surface area contributed by atoms with Crippen molar-refractivity contribution in [2.24, 2.45) is 0 Å². The lowest BCUT2D eigenvalue weighted by atomic mass is 10.0. The Balaban J connectivity index is 2.74. The molecule has 0 aliphatic heterocycles. The van der Waals surface area contributed by atoms with E-state index in [2.05, 4.69) is 9.97 Å². The number of alkyl halides is 3. The van der Waals surface area contributed by atoms with Crippen molar-refractivity contribution < 1.29 is 13.2 Å². The third-order valence-electron chi connectivity index (χ3n) is 2.83. The smallest absolute Gasteiger partial charge is 0.323 e. The molecule has 0 atom stereocenters. The van der Waals surface area contributed by atoms with E-state index in [1.807, 2.05) is 0 Å². The molecule has 2 aromatic rings. The number of nitrogens with one attached hydrogen (secondary N) is 1. The van der Waals surface area contributed by atoms with Gasteiger partial charge in [-0.25, -0.2) is 4.98 Å². The van der Waals surface area contributed by atoms with Gasteiger partial charge in [-0.2, -0.15) is 13.2 Å². The maximum absolute atomic E-state index is 12.9. The van der Waals surface area contributed by atoms with Gasteiger partial charge < -0.3 is 4.98 Å². The first kappa shape index (κ1) is 13.3. The van der Waals surface area contributed by atoms with Gasteiger partial charge in [0.25, 0.3) is 5.56 Å². The number of aromatic amines is 1. The average molecular weight is 268 g/mol. The molecular weight excluding hydrogens is 257 g/mol. The molecule has 0 fully saturated rings. The van der Waals surface area contributed by atoms with Crippen LogP contribution in [0.15, 0.2) is 29.1 Å². The lowest BCUT2D eigenvalue weighted by Gasteiger charge is -2.12. The molecule has 1 N–H and O–H groups in total. The van der Waals surface area contributed by atoms with Gasteiger partial charge in [-0.15, -0.1) is 0 Å². The summed E-state index contributed by atoms with van der Waals surface area (Å²) in [5.41, 5.74) is -0.878. The molecule has 0 aliphatic rings. The van der Waals surface area contributed by atoms with Gasteiger partial charge in [0.15, 0.2) is 0 Å². The summed E-state index contributed by atoms with van der Waals surface area (Å²) < 4.78 is 38.7. The fourth-order valence-electron chi connectivity index (χ4n) is 1.74. The van der Waals surface area contributed by atoms with Crippen LogP contribution >= 0.6 is 0 Å². The molecule has 19 heavy (non-hydrogen) atoms. The van der Waals surface area contributed by atoms with E-state index < -0.39 is 17.3 Å². The standard InChI is InChI=1S/C13H11F3N2O/c1-7-8(2)18-12(19)11(17-7)9-5-3-4-6-10(9)13(14,15)16/h3-6H,1-2H3,(H,18,19). The highest BCUT2D eigenvalue weighted by Gasteiger charge is 2.34. The van der Waals surface area contributed by atoms with Crippen molar-refractivity contribution in [2.75, 3.05) is 0 Å². The third kappa shape index (κ3) is 2.52. The first-order valence-electron chi connectivity index (χ1n) is 5.55. The zero-order chi connectivity index (χ0) is 14.2. The molecule has 0 spiro atoms. The predicted molar refractivity (Wildman–Crippen MR) is 64.8 cm³/mol. The van der Waals surface area contributed by atoms with Gasteiger partial charge in [-0.3, -0.25) is 4.79 Å². The minimum atomic E-state index is -4.52. The monoisotopic (exact) mass is 268 g/mol. The van der Waals surface area contributed by atoms with Crippen LogP contribution in [-0.2, 0) is 6.18 Å². The molecule has 0 radical (unpaired) electrons. The molecule has 3 nitrogen and oxygen atoms in total. The number of benzene rings is 1. The summed E-state index contributed by atoms with van der Waals surface area (Å²) in [6.45, 7) is 3.27. The van der Waals surface area contributed by atoms with E-state index in [-0.39, 0.29) is 11.3 Å². The lowest BCUT2D eigenvalue weighted by molar-refractivity contribution is -0.137. The highest BCUT2D eigenvalue weighted by molar-refractivity contribution is 5.63. The topological polar surface area (TPSA) is 45.8 Å². The summed E-state index contributed by atoms with van der Waals surface area (Å²) in [5.74, 6) is 0. The second-order valence-corrected chi connectivity index (χ2v) is 4.17. The Kier molecular flexibility index (Phi) is 3.18. The maximum Gasteiger partial charge on any atom is 0.417 e. The van der Waals surface area contributed by atoms with Gasteiger partial charge in [0.05, 0.1) is 11.3 Å². The van der Waals surface area contributed by atoms with Crippen LogP contribution in [0.25, 0.3) is 11.3 Å². The van der Waals surface area contributed by atoms with Crippen molar-refractivity contribution in [3.8, 4) is 11.3 Å². The summed E-state index contributed by atoms with van der Waals surface area (Å²) >= 11 is 0. The minimum absolute atomic E-state index is 0.209. The number of aromatic nitrogens is 2. The largest absolute Gasteiger partial charge is 0.417 e. The number of H-pyrrole nitrogens is 1. The first-order chi connectivity index (χ1) is 8.80. The molecule has 0 saturated heterocycles. The van der Waals surface area contributed by atoms with Crippen LogP contribution in [0.2, 0.25) is 0 Å². The Labute approximate surface area is 107 Å². The fourth-order valence-corrected chi connectivity index (χ4v) is 1.74. The Morgan fingerprint density at radius 1 is 1.16 bits per heavy atom. The number of hydrogen-bond donors (Lipinski definition) is 1. The first-order valence-corrected chi connectivity index (χ1v) is 5.55. The molecule has 0 bridgehead atoms. The van der Waals surface area contributed by atoms with Crippen molar-refractivity contribution in [1.29, 1.82) is 0 Å². The summed E-state index contributed by atoms with van der Waals surface area (Å²) in [6, 6.07) is 4.91. The number of nitrogens with zero attached hydrogens (tertiary/aromatic N) is 1. The molecule has 0 unspecified atom stereocenters. The number of aryl methyl sites for hydroxylation is 2. The van der Waals surface area contributed by atoms with Crippen molar-refractivity contribution in [1.82, 2.24) is 9.97 Å². The molecule has 1 heterocycles. The van der Waals surface area contributed by atoms with Crippen LogP contribution in [0.4, 0.5) is 13.2 Å². The number of rotatable bonds is 1. The highest BCUT2D eigenvalue weighted by atomic mass is 19.4. The summed E-state index contributed by atoms with van der Waals surface area (Å²) in [4.78, 5) is 18.3. The number of halogens is 3. The minimum Gasteiger partial charge on any atom is -0.323 e. The Morgan fingerprint density at radius 2 is 1.79 bits per heavy atom. The van der Waals surface area contributed by atoms with Gasteiger partial charge in [0, 0.05) is 11.3 Å². The van der Waals surface area contributed by atoms with E-state index in [0.717, 1.165) is 6.07 Å². The van der Waals surface area contributed by atoms with Crippen LogP contribution in [0.3, 0.4) is 0 Å². The van der Waals surface area contributed by atoms with Gasteiger partial charge in [0.1, 0.15) is 5.69 Å². The molecule has 100 valence electrons. The zero-order valence-electron chi connectivity index (χ0n) is 10.3. The van der Waals surface area contributed by atoms with E-state index in [0.29, 0.717) is 11.4 Å². The van der Waals surface area contributed by atoms with E-state index in [4.69, 9.17) is 0 Å².